The Bertz CT molecular complexity index is 1290. The van der Waals surface area contributed by atoms with Crippen molar-refractivity contribution in [3.8, 4) is 11.1 Å². The normalized spacial score (nSPS) is 10.8. The molecule has 0 aliphatic heterocycles. The van der Waals surface area contributed by atoms with E-state index in [-0.39, 0.29) is 21.8 Å². The molecule has 32 heavy (non-hydrogen) atoms. The molecule has 1 heterocycles. The highest BCUT2D eigenvalue weighted by Crippen LogP contribution is 2.30. The molecule has 1 N–H and O–H groups in total. The van der Waals surface area contributed by atoms with E-state index in [9.17, 15) is 22.8 Å². The van der Waals surface area contributed by atoms with Crippen LogP contribution in [-0.2, 0) is 20.7 Å². The van der Waals surface area contributed by atoms with Crippen LogP contribution in [0.25, 0.3) is 21.3 Å². The Morgan fingerprint density at radius 2 is 1.62 bits per heavy atom. The van der Waals surface area contributed by atoms with Crippen LogP contribution in [0.3, 0.4) is 0 Å². The smallest absolute Gasteiger partial charge is 0.310 e. The van der Waals surface area contributed by atoms with Crippen LogP contribution in [0.2, 0.25) is 0 Å². The number of hydrogen-bond donors (Lipinski definition) is 1. The number of carbonyl (C=O) groups excluding carboxylic acids is 2. The fourth-order valence-electron chi connectivity index (χ4n) is 2.99. The lowest BCUT2D eigenvalue weighted by Gasteiger charge is -2.06. The van der Waals surface area contributed by atoms with Gasteiger partial charge in [-0.3, -0.25) is 14.9 Å². The number of nitrogens with one attached hydrogen (secondary N) is 1. The van der Waals surface area contributed by atoms with Crippen molar-refractivity contribution in [1.82, 2.24) is 4.98 Å². The summed E-state index contributed by atoms with van der Waals surface area (Å²) in [5.41, 5.74) is 2.40. The quantitative estimate of drug-likeness (QED) is 0.324. The van der Waals surface area contributed by atoms with E-state index in [0.29, 0.717) is 0 Å². The van der Waals surface area contributed by atoms with E-state index in [2.05, 4.69) is 10.3 Å². The number of fused-ring (bicyclic) bond motifs is 1. The number of rotatable bonds is 6. The molecule has 4 rings (SSSR count). The van der Waals surface area contributed by atoms with Crippen molar-refractivity contribution in [2.45, 2.75) is 6.42 Å². The Balaban J connectivity index is 1.31. The minimum atomic E-state index is -1.63. The summed E-state index contributed by atoms with van der Waals surface area (Å²) < 4.78 is 45.3. The van der Waals surface area contributed by atoms with E-state index in [4.69, 9.17) is 4.74 Å². The number of aromatic nitrogens is 1. The maximum atomic E-state index is 13.7. The minimum Gasteiger partial charge on any atom is -0.455 e. The number of carbonyl (C=O) groups is 2. The van der Waals surface area contributed by atoms with Gasteiger partial charge in [0.05, 0.1) is 11.1 Å². The number of ether oxygens (including phenoxy) is 1. The zero-order chi connectivity index (χ0) is 22.7. The van der Waals surface area contributed by atoms with Gasteiger partial charge in [-0.2, -0.15) is 0 Å². The third-order valence-electron chi connectivity index (χ3n) is 4.54. The first-order valence-corrected chi connectivity index (χ1v) is 10.3. The molecule has 0 radical (unpaired) electrons. The van der Waals surface area contributed by atoms with Crippen molar-refractivity contribution < 1.29 is 27.5 Å². The molecule has 162 valence electrons. The molecule has 0 atom stereocenters. The van der Waals surface area contributed by atoms with E-state index >= 15 is 0 Å². The van der Waals surface area contributed by atoms with Crippen LogP contribution in [0, 0.1) is 17.5 Å². The highest BCUT2D eigenvalue weighted by atomic mass is 32.1. The summed E-state index contributed by atoms with van der Waals surface area (Å²) in [4.78, 5) is 27.8. The summed E-state index contributed by atoms with van der Waals surface area (Å²) in [6, 6.07) is 18.0. The van der Waals surface area contributed by atoms with E-state index in [1.807, 2.05) is 42.5 Å². The molecule has 9 heteroatoms. The molecule has 0 aliphatic carbocycles. The van der Waals surface area contributed by atoms with Crippen LogP contribution in [0.15, 0.2) is 60.7 Å². The first kappa shape index (κ1) is 21.5. The van der Waals surface area contributed by atoms with Crippen LogP contribution in [0.1, 0.15) is 5.56 Å². The van der Waals surface area contributed by atoms with Crippen LogP contribution in [0.4, 0.5) is 18.3 Å². The number of thiazole rings is 1. The molecule has 0 saturated carbocycles. The summed E-state index contributed by atoms with van der Waals surface area (Å²) in [6.07, 6.45) is -0.0206. The predicted octanol–water partition coefficient (Wildman–Crippen LogP) is 5.11. The topological polar surface area (TPSA) is 68.3 Å². The summed E-state index contributed by atoms with van der Waals surface area (Å²) in [5, 5.41) is 2.25. The molecule has 5 nitrogen and oxygen atoms in total. The number of esters is 1. The number of hydrogen-bond acceptors (Lipinski definition) is 5. The molecule has 1 aromatic heterocycles. The molecule has 4 aromatic rings. The van der Waals surface area contributed by atoms with Gasteiger partial charge in [0.1, 0.15) is 5.52 Å². The van der Waals surface area contributed by atoms with Gasteiger partial charge in [-0.05, 0) is 22.8 Å². The fourth-order valence-corrected chi connectivity index (χ4v) is 3.90. The van der Waals surface area contributed by atoms with Gasteiger partial charge >= 0.3 is 5.97 Å². The average Bonchev–Trinajstić information content (AvgIpc) is 3.19. The van der Waals surface area contributed by atoms with Gasteiger partial charge in [0.15, 0.2) is 29.2 Å². The van der Waals surface area contributed by atoms with Gasteiger partial charge < -0.3 is 4.74 Å². The largest absolute Gasteiger partial charge is 0.455 e. The summed E-state index contributed by atoms with van der Waals surface area (Å²) in [6.45, 7) is -0.581. The molecule has 0 spiro atoms. The Kier molecular flexibility index (Phi) is 6.18. The Hall–Kier alpha value is -3.72. The summed E-state index contributed by atoms with van der Waals surface area (Å²) in [7, 11) is 0. The van der Waals surface area contributed by atoms with Gasteiger partial charge in [-0.15, -0.1) is 0 Å². The van der Waals surface area contributed by atoms with Crippen LogP contribution in [-0.4, -0.2) is 23.5 Å². The Morgan fingerprint density at radius 1 is 0.938 bits per heavy atom. The number of nitrogens with zero attached hydrogens (tertiary/aromatic N) is 1. The van der Waals surface area contributed by atoms with Crippen molar-refractivity contribution >= 4 is 38.6 Å². The van der Waals surface area contributed by atoms with Crippen molar-refractivity contribution in [3.05, 3.63) is 83.7 Å². The standard InChI is InChI=1S/C23H15F3N2O3S/c24-16-11-17-22(21(26)20(16)25)28-23(32-17)27-18(29)12-31-19(30)10-13-6-8-15(9-7-13)14-4-2-1-3-5-14/h1-9,11H,10,12H2,(H,27,28,29). The molecule has 0 fully saturated rings. The van der Waals surface area contributed by atoms with Crippen LogP contribution >= 0.6 is 11.3 Å². The van der Waals surface area contributed by atoms with E-state index in [0.717, 1.165) is 34.1 Å². The lowest BCUT2D eigenvalue weighted by molar-refractivity contribution is -0.146. The lowest BCUT2D eigenvalue weighted by atomic mass is 10.0. The predicted molar refractivity (Wildman–Crippen MR) is 115 cm³/mol. The number of anilines is 1. The van der Waals surface area contributed by atoms with Crippen molar-refractivity contribution in [1.29, 1.82) is 0 Å². The third kappa shape index (κ3) is 4.78. The second kappa shape index (κ2) is 9.19. The highest BCUT2D eigenvalue weighted by molar-refractivity contribution is 7.22. The fraction of sp³-hybridized carbons (Fsp3) is 0.0870. The van der Waals surface area contributed by atoms with E-state index < -0.39 is 35.9 Å². The second-order valence-electron chi connectivity index (χ2n) is 6.80. The lowest BCUT2D eigenvalue weighted by Crippen LogP contribution is -2.21. The first-order valence-electron chi connectivity index (χ1n) is 9.44. The minimum absolute atomic E-state index is 0.0206. The molecular weight excluding hydrogens is 441 g/mol. The van der Waals surface area contributed by atoms with Crippen LogP contribution < -0.4 is 5.32 Å². The molecule has 0 saturated heterocycles. The first-order chi connectivity index (χ1) is 15.4. The SMILES string of the molecule is O=C(COC(=O)Cc1ccc(-c2ccccc2)cc1)Nc1nc2c(F)c(F)c(F)cc2s1. The summed E-state index contributed by atoms with van der Waals surface area (Å²) >= 11 is 0.769. The number of halogens is 3. The van der Waals surface area contributed by atoms with Gasteiger partial charge in [-0.25, -0.2) is 18.2 Å². The van der Waals surface area contributed by atoms with E-state index in [1.54, 1.807) is 12.1 Å². The molecule has 0 bridgehead atoms. The van der Waals surface area contributed by atoms with E-state index in [1.165, 1.54) is 0 Å². The monoisotopic (exact) mass is 456 g/mol. The second-order valence-corrected chi connectivity index (χ2v) is 7.83. The van der Waals surface area contributed by atoms with Crippen LogP contribution in [0.5, 0.6) is 0 Å². The molecule has 3 aromatic carbocycles. The Morgan fingerprint density at radius 3 is 2.34 bits per heavy atom. The number of benzene rings is 3. The maximum absolute atomic E-state index is 13.7. The maximum Gasteiger partial charge on any atom is 0.310 e. The zero-order valence-corrected chi connectivity index (χ0v) is 17.2. The van der Waals surface area contributed by atoms with Gasteiger partial charge in [0.2, 0.25) is 0 Å². The third-order valence-corrected chi connectivity index (χ3v) is 5.46. The van der Waals surface area contributed by atoms with Crippen molar-refractivity contribution in [2.24, 2.45) is 0 Å². The van der Waals surface area contributed by atoms with Crippen molar-refractivity contribution in [3.63, 3.8) is 0 Å². The molecule has 1 amide bonds. The van der Waals surface area contributed by atoms with Gasteiger partial charge in [0.25, 0.3) is 5.91 Å². The van der Waals surface area contributed by atoms with Gasteiger partial charge in [0, 0.05) is 0 Å². The molecule has 0 unspecified atom stereocenters. The summed E-state index contributed by atoms with van der Waals surface area (Å²) in [5.74, 6) is -5.72. The zero-order valence-electron chi connectivity index (χ0n) is 16.4. The highest BCUT2D eigenvalue weighted by Gasteiger charge is 2.18. The average molecular weight is 456 g/mol. The van der Waals surface area contributed by atoms with Crippen molar-refractivity contribution in [2.75, 3.05) is 11.9 Å². The Labute approximate surface area is 184 Å². The molecule has 0 aliphatic rings. The number of amides is 1. The van der Waals surface area contributed by atoms with Gasteiger partial charge in [-0.1, -0.05) is 65.9 Å². The molecular formula is C23H15F3N2O3S.